The van der Waals surface area contributed by atoms with E-state index in [2.05, 4.69) is 15.2 Å². The summed E-state index contributed by atoms with van der Waals surface area (Å²) in [6.45, 7) is 4.04. The zero-order valence-electron chi connectivity index (χ0n) is 13.2. The summed E-state index contributed by atoms with van der Waals surface area (Å²) >= 11 is 6.02. The maximum Gasteiger partial charge on any atom is 0.194 e. The fraction of sp³-hybridized carbons (Fsp3) is 0.562. The number of nitrogens with one attached hydrogen (secondary N) is 1. The Morgan fingerprint density at radius 1 is 1.45 bits per heavy atom. The van der Waals surface area contributed by atoms with Gasteiger partial charge in [-0.25, -0.2) is 0 Å². The number of guanidine groups is 1. The van der Waals surface area contributed by atoms with Crippen molar-refractivity contribution in [2.45, 2.75) is 38.3 Å². The number of hydrogen-bond donors (Lipinski definition) is 2. The molecule has 0 amide bonds. The summed E-state index contributed by atoms with van der Waals surface area (Å²) in [4.78, 5) is 6.63. The van der Waals surface area contributed by atoms with Gasteiger partial charge in [0.1, 0.15) is 0 Å². The normalized spacial score (nSPS) is 16.5. The van der Waals surface area contributed by atoms with E-state index in [1.807, 2.05) is 38.2 Å². The monoisotopic (exact) mass is 437 g/mol. The summed E-state index contributed by atoms with van der Waals surface area (Å²) in [5.74, 6) is 0.817. The first-order valence-corrected chi connectivity index (χ1v) is 7.86. The standard InChI is InChI=1S/C16H24ClN3O.HI/c1-3-18-15(19-12-16(21)8-5-9-16)20(2)11-13-6-4-7-14(17)10-13;/h4,6-7,10,21H,3,5,8-9,11-12H2,1-2H3,(H,18,19);1H. The average molecular weight is 438 g/mol. The van der Waals surface area contributed by atoms with Crippen LogP contribution in [0.15, 0.2) is 29.3 Å². The van der Waals surface area contributed by atoms with E-state index in [1.165, 1.54) is 0 Å². The molecule has 1 aliphatic rings. The van der Waals surface area contributed by atoms with Crippen LogP contribution < -0.4 is 5.32 Å². The Bertz CT molecular complexity index is 506. The summed E-state index contributed by atoms with van der Waals surface area (Å²) < 4.78 is 0. The number of hydrogen-bond acceptors (Lipinski definition) is 2. The van der Waals surface area contributed by atoms with Gasteiger partial charge in [0.15, 0.2) is 5.96 Å². The van der Waals surface area contributed by atoms with Gasteiger partial charge in [-0.2, -0.15) is 0 Å². The smallest absolute Gasteiger partial charge is 0.194 e. The highest BCUT2D eigenvalue weighted by atomic mass is 127. The SMILES string of the molecule is CCNC(=NCC1(O)CCC1)N(C)Cc1cccc(Cl)c1.I. The Morgan fingerprint density at radius 3 is 2.73 bits per heavy atom. The second kappa shape index (κ2) is 8.93. The molecule has 2 N–H and O–H groups in total. The van der Waals surface area contributed by atoms with Gasteiger partial charge in [-0.05, 0) is 43.9 Å². The van der Waals surface area contributed by atoms with Gasteiger partial charge in [0.05, 0.1) is 12.1 Å². The van der Waals surface area contributed by atoms with E-state index in [9.17, 15) is 5.11 Å². The fourth-order valence-electron chi connectivity index (χ4n) is 2.42. The van der Waals surface area contributed by atoms with Gasteiger partial charge in [0, 0.05) is 25.2 Å². The molecular weight excluding hydrogens is 413 g/mol. The molecule has 0 saturated heterocycles. The highest BCUT2D eigenvalue weighted by Crippen LogP contribution is 2.31. The Kier molecular flexibility index (Phi) is 7.93. The summed E-state index contributed by atoms with van der Waals surface area (Å²) in [5.41, 5.74) is 0.551. The quantitative estimate of drug-likeness (QED) is 0.422. The first kappa shape index (κ1) is 19.5. The molecule has 0 bridgehead atoms. The van der Waals surface area contributed by atoms with Crippen LogP contribution in [0.3, 0.4) is 0 Å². The van der Waals surface area contributed by atoms with Crippen molar-refractivity contribution in [3.63, 3.8) is 0 Å². The van der Waals surface area contributed by atoms with Gasteiger partial charge in [-0.15, -0.1) is 24.0 Å². The van der Waals surface area contributed by atoms with Crippen molar-refractivity contribution in [3.05, 3.63) is 34.9 Å². The van der Waals surface area contributed by atoms with Crippen molar-refractivity contribution < 1.29 is 5.11 Å². The first-order valence-electron chi connectivity index (χ1n) is 7.49. The van der Waals surface area contributed by atoms with E-state index in [-0.39, 0.29) is 24.0 Å². The minimum absolute atomic E-state index is 0. The van der Waals surface area contributed by atoms with Gasteiger partial charge < -0.3 is 15.3 Å². The van der Waals surface area contributed by atoms with Gasteiger partial charge in [-0.1, -0.05) is 23.7 Å². The van der Waals surface area contributed by atoms with E-state index < -0.39 is 5.60 Å². The third-order valence-electron chi connectivity index (χ3n) is 3.81. The van der Waals surface area contributed by atoms with Crippen LogP contribution in [-0.4, -0.2) is 41.7 Å². The van der Waals surface area contributed by atoms with Crippen LogP contribution in [0.25, 0.3) is 0 Å². The molecule has 1 saturated carbocycles. The summed E-state index contributed by atoms with van der Waals surface area (Å²) in [6.07, 6.45) is 2.81. The molecule has 0 aromatic heterocycles. The molecule has 0 heterocycles. The molecule has 22 heavy (non-hydrogen) atoms. The van der Waals surface area contributed by atoms with Crippen molar-refractivity contribution in [1.82, 2.24) is 10.2 Å². The molecule has 2 rings (SSSR count). The second-order valence-electron chi connectivity index (χ2n) is 5.73. The van der Waals surface area contributed by atoms with Crippen LogP contribution in [0.1, 0.15) is 31.7 Å². The topological polar surface area (TPSA) is 47.9 Å². The molecule has 1 fully saturated rings. The van der Waals surface area contributed by atoms with Crippen molar-refractivity contribution >= 4 is 41.5 Å². The maximum absolute atomic E-state index is 10.2. The van der Waals surface area contributed by atoms with Crippen LogP contribution in [-0.2, 0) is 6.54 Å². The Hall–Kier alpha value is -0.530. The lowest BCUT2D eigenvalue weighted by Crippen LogP contribution is -2.43. The minimum atomic E-state index is -0.586. The maximum atomic E-state index is 10.2. The number of nitrogens with zero attached hydrogens (tertiary/aromatic N) is 2. The van der Waals surface area contributed by atoms with Crippen molar-refractivity contribution in [1.29, 1.82) is 0 Å². The van der Waals surface area contributed by atoms with Crippen LogP contribution in [0.5, 0.6) is 0 Å². The third-order valence-corrected chi connectivity index (χ3v) is 4.05. The molecule has 0 radical (unpaired) electrons. The van der Waals surface area contributed by atoms with Gasteiger partial charge in [0.2, 0.25) is 0 Å². The predicted octanol–water partition coefficient (Wildman–Crippen LogP) is 3.27. The van der Waals surface area contributed by atoms with Crippen molar-refractivity contribution in [2.24, 2.45) is 4.99 Å². The molecule has 1 aromatic carbocycles. The number of halogens is 2. The highest BCUT2D eigenvalue weighted by molar-refractivity contribution is 14.0. The molecule has 1 aromatic rings. The summed E-state index contributed by atoms with van der Waals surface area (Å²) in [5, 5.41) is 14.2. The molecule has 0 spiro atoms. The predicted molar refractivity (Wildman–Crippen MR) is 103 cm³/mol. The van der Waals surface area contributed by atoms with E-state index in [4.69, 9.17) is 11.6 Å². The lowest BCUT2D eigenvalue weighted by atomic mass is 9.80. The Labute approximate surface area is 155 Å². The zero-order valence-corrected chi connectivity index (χ0v) is 16.3. The van der Waals surface area contributed by atoms with Gasteiger partial charge >= 0.3 is 0 Å². The molecule has 124 valence electrons. The van der Waals surface area contributed by atoms with E-state index in [0.29, 0.717) is 6.54 Å². The zero-order chi connectivity index (χ0) is 15.3. The van der Waals surface area contributed by atoms with Crippen LogP contribution in [0.2, 0.25) is 5.02 Å². The summed E-state index contributed by atoms with van der Waals surface area (Å²) in [6, 6.07) is 7.83. The highest BCUT2D eigenvalue weighted by Gasteiger charge is 2.34. The first-order chi connectivity index (χ1) is 10.0. The molecule has 0 atom stereocenters. The Morgan fingerprint density at radius 2 is 2.18 bits per heavy atom. The molecular formula is C16H25ClIN3O. The number of aliphatic hydroxyl groups is 1. The number of rotatable bonds is 5. The van der Waals surface area contributed by atoms with Crippen molar-refractivity contribution in [2.75, 3.05) is 20.1 Å². The molecule has 0 unspecified atom stereocenters. The largest absolute Gasteiger partial charge is 0.388 e. The van der Waals surface area contributed by atoms with Crippen LogP contribution >= 0.6 is 35.6 Å². The van der Waals surface area contributed by atoms with E-state index >= 15 is 0 Å². The van der Waals surface area contributed by atoms with E-state index in [1.54, 1.807) is 0 Å². The molecule has 4 nitrogen and oxygen atoms in total. The number of benzene rings is 1. The van der Waals surface area contributed by atoms with Gasteiger partial charge in [0.25, 0.3) is 0 Å². The molecule has 0 aliphatic heterocycles. The molecule has 1 aliphatic carbocycles. The lowest BCUT2D eigenvalue weighted by Gasteiger charge is -2.35. The second-order valence-corrected chi connectivity index (χ2v) is 6.17. The lowest BCUT2D eigenvalue weighted by molar-refractivity contribution is -0.0237. The average Bonchev–Trinajstić information content (AvgIpc) is 2.41. The molecule has 6 heteroatoms. The summed E-state index contributed by atoms with van der Waals surface area (Å²) in [7, 11) is 1.99. The third kappa shape index (κ3) is 5.59. The number of aliphatic imine (C=N–C) groups is 1. The van der Waals surface area contributed by atoms with Gasteiger partial charge in [-0.3, -0.25) is 4.99 Å². The Balaban J connectivity index is 0.00000242. The van der Waals surface area contributed by atoms with Crippen LogP contribution in [0.4, 0.5) is 0 Å². The van der Waals surface area contributed by atoms with E-state index in [0.717, 1.165) is 48.9 Å². The fourth-order valence-corrected chi connectivity index (χ4v) is 2.63. The minimum Gasteiger partial charge on any atom is -0.388 e. The van der Waals surface area contributed by atoms with Crippen molar-refractivity contribution in [3.8, 4) is 0 Å². The van der Waals surface area contributed by atoms with Crippen LogP contribution in [0, 0.1) is 0 Å².